The number of halogens is 2. The zero-order valence-electron chi connectivity index (χ0n) is 15.5. The Labute approximate surface area is 168 Å². The molecule has 1 saturated carbocycles. The van der Waals surface area contributed by atoms with Crippen LogP contribution in [-0.2, 0) is 4.74 Å². The number of amides is 1. The molecule has 28 heavy (non-hydrogen) atoms. The van der Waals surface area contributed by atoms with E-state index >= 15 is 0 Å². The predicted molar refractivity (Wildman–Crippen MR) is 107 cm³/mol. The zero-order chi connectivity index (χ0) is 19.5. The number of carbonyl (C=O) groups excluding carboxylic acids is 1. The van der Waals surface area contributed by atoms with Crippen molar-refractivity contribution in [3.05, 3.63) is 52.4 Å². The maximum atomic E-state index is 14.1. The Morgan fingerprint density at radius 2 is 2.04 bits per heavy atom. The van der Waals surface area contributed by atoms with Crippen molar-refractivity contribution >= 4 is 29.0 Å². The van der Waals surface area contributed by atoms with Gasteiger partial charge in [0.1, 0.15) is 5.82 Å². The molecule has 1 aliphatic heterocycles. The lowest BCUT2D eigenvalue weighted by Gasteiger charge is -2.22. The largest absolute Gasteiger partial charge is 0.381 e. The summed E-state index contributed by atoms with van der Waals surface area (Å²) in [6.45, 7) is 2.17. The van der Waals surface area contributed by atoms with Crippen LogP contribution in [0, 0.1) is 11.7 Å². The summed E-state index contributed by atoms with van der Waals surface area (Å²) in [7, 11) is 0. The highest BCUT2D eigenvalue weighted by molar-refractivity contribution is 6.31. The van der Waals surface area contributed by atoms with Crippen LogP contribution in [-0.4, -0.2) is 30.6 Å². The number of hydrogen-bond donors (Lipinski definition) is 2. The van der Waals surface area contributed by atoms with E-state index in [0.717, 1.165) is 44.5 Å². The molecule has 0 bridgehead atoms. The van der Waals surface area contributed by atoms with Crippen molar-refractivity contribution in [2.24, 2.45) is 5.92 Å². The summed E-state index contributed by atoms with van der Waals surface area (Å²) in [6.07, 6.45) is 5.63. The van der Waals surface area contributed by atoms with Gasteiger partial charge in [0.25, 0.3) is 5.91 Å². The minimum absolute atomic E-state index is 0.0523. The molecule has 0 unspecified atom stereocenters. The van der Waals surface area contributed by atoms with Crippen LogP contribution in [0.15, 0.2) is 30.5 Å². The number of hydrogen-bond acceptors (Lipinski definition) is 4. The second-order valence-electron chi connectivity index (χ2n) is 7.42. The SMILES string of the molecule is O=C(NCC1CCOCC1)c1cnc(Nc2cccc(Cl)c2F)cc1C1CC1. The number of nitrogens with zero attached hydrogens (tertiary/aromatic N) is 1. The van der Waals surface area contributed by atoms with Crippen molar-refractivity contribution in [1.29, 1.82) is 0 Å². The molecule has 1 aromatic carbocycles. The molecule has 1 amide bonds. The number of carbonyl (C=O) groups is 1. The Balaban J connectivity index is 1.49. The molecule has 1 saturated heterocycles. The van der Waals surface area contributed by atoms with Gasteiger partial charge >= 0.3 is 0 Å². The third-order valence-corrected chi connectivity index (χ3v) is 5.60. The van der Waals surface area contributed by atoms with Crippen LogP contribution in [0.5, 0.6) is 0 Å². The third-order valence-electron chi connectivity index (χ3n) is 5.30. The Bertz CT molecular complexity index is 867. The Hall–Kier alpha value is -2.18. The highest BCUT2D eigenvalue weighted by atomic mass is 35.5. The van der Waals surface area contributed by atoms with Gasteiger partial charge in [-0.2, -0.15) is 0 Å². The van der Waals surface area contributed by atoms with Gasteiger partial charge in [0.05, 0.1) is 16.3 Å². The van der Waals surface area contributed by atoms with Crippen LogP contribution in [0.2, 0.25) is 5.02 Å². The normalized spacial score (nSPS) is 17.4. The molecule has 1 aromatic heterocycles. The molecular formula is C21H23ClFN3O2. The summed E-state index contributed by atoms with van der Waals surface area (Å²) < 4.78 is 19.5. The number of rotatable bonds is 6. The summed E-state index contributed by atoms with van der Waals surface area (Å²) in [5.74, 6) is 0.709. The van der Waals surface area contributed by atoms with Crippen molar-refractivity contribution in [3.63, 3.8) is 0 Å². The summed E-state index contributed by atoms with van der Waals surface area (Å²) >= 11 is 5.84. The lowest BCUT2D eigenvalue weighted by molar-refractivity contribution is 0.0642. The highest BCUT2D eigenvalue weighted by Gasteiger charge is 2.29. The Kier molecular flexibility index (Phi) is 5.78. The third kappa shape index (κ3) is 4.45. The fraction of sp³-hybridized carbons (Fsp3) is 0.429. The average molecular weight is 404 g/mol. The standard InChI is InChI=1S/C21H23ClFN3O2/c22-17-2-1-3-18(20(17)23)26-19-10-15(14-4-5-14)16(12-24-19)21(27)25-11-13-6-8-28-9-7-13/h1-3,10,12-14H,4-9,11H2,(H,24,26)(H,25,27). The first-order valence-corrected chi connectivity index (χ1v) is 10.1. The van der Waals surface area contributed by atoms with E-state index in [1.165, 1.54) is 6.07 Å². The van der Waals surface area contributed by atoms with Crippen LogP contribution in [0.3, 0.4) is 0 Å². The molecule has 4 rings (SSSR count). The molecular weight excluding hydrogens is 381 g/mol. The maximum Gasteiger partial charge on any atom is 0.253 e. The second kappa shape index (κ2) is 8.45. The van der Waals surface area contributed by atoms with Crippen molar-refractivity contribution in [2.75, 3.05) is 25.1 Å². The fourth-order valence-electron chi connectivity index (χ4n) is 3.48. The minimum atomic E-state index is -0.516. The maximum absolute atomic E-state index is 14.1. The van der Waals surface area contributed by atoms with Crippen LogP contribution in [0.4, 0.5) is 15.9 Å². The van der Waals surface area contributed by atoms with E-state index in [1.807, 2.05) is 6.07 Å². The van der Waals surface area contributed by atoms with Gasteiger partial charge in [-0.15, -0.1) is 0 Å². The van der Waals surface area contributed by atoms with E-state index in [1.54, 1.807) is 18.3 Å². The van der Waals surface area contributed by atoms with E-state index in [0.29, 0.717) is 29.8 Å². The van der Waals surface area contributed by atoms with Gasteiger partial charge in [0.15, 0.2) is 5.82 Å². The summed E-state index contributed by atoms with van der Waals surface area (Å²) in [5, 5.41) is 6.07. The first-order valence-electron chi connectivity index (χ1n) is 9.68. The fourth-order valence-corrected chi connectivity index (χ4v) is 3.66. The molecule has 5 nitrogen and oxygen atoms in total. The monoisotopic (exact) mass is 403 g/mol. The number of benzene rings is 1. The van der Waals surface area contributed by atoms with Gasteiger partial charge in [-0.05, 0) is 61.3 Å². The van der Waals surface area contributed by atoms with Crippen LogP contribution < -0.4 is 10.6 Å². The number of ether oxygens (including phenoxy) is 1. The van der Waals surface area contributed by atoms with Crippen molar-refractivity contribution < 1.29 is 13.9 Å². The van der Waals surface area contributed by atoms with Gasteiger partial charge < -0.3 is 15.4 Å². The molecule has 7 heteroatoms. The second-order valence-corrected chi connectivity index (χ2v) is 7.83. The van der Waals surface area contributed by atoms with Gasteiger partial charge in [0.2, 0.25) is 0 Å². The van der Waals surface area contributed by atoms with Gasteiger partial charge in [0, 0.05) is 26.0 Å². The van der Waals surface area contributed by atoms with Crippen LogP contribution in [0.25, 0.3) is 0 Å². The molecule has 2 N–H and O–H groups in total. The van der Waals surface area contributed by atoms with E-state index in [2.05, 4.69) is 15.6 Å². The lowest BCUT2D eigenvalue weighted by Crippen LogP contribution is -2.32. The highest BCUT2D eigenvalue weighted by Crippen LogP contribution is 2.42. The molecule has 1 aliphatic carbocycles. The van der Waals surface area contributed by atoms with Crippen molar-refractivity contribution in [3.8, 4) is 0 Å². The summed E-state index contributed by atoms with van der Waals surface area (Å²) in [4.78, 5) is 17.1. The topological polar surface area (TPSA) is 63.2 Å². The molecule has 2 aromatic rings. The van der Waals surface area contributed by atoms with Crippen LogP contribution in [0.1, 0.15) is 47.5 Å². The number of anilines is 2. The minimum Gasteiger partial charge on any atom is -0.381 e. The summed E-state index contributed by atoms with van der Waals surface area (Å²) in [5.41, 5.74) is 1.83. The van der Waals surface area contributed by atoms with E-state index < -0.39 is 5.82 Å². The van der Waals surface area contributed by atoms with Gasteiger partial charge in [-0.1, -0.05) is 17.7 Å². The Morgan fingerprint density at radius 1 is 1.25 bits per heavy atom. The molecule has 0 radical (unpaired) electrons. The molecule has 148 valence electrons. The van der Waals surface area contributed by atoms with Gasteiger partial charge in [-0.25, -0.2) is 9.37 Å². The zero-order valence-corrected chi connectivity index (χ0v) is 16.3. The quantitative estimate of drug-likeness (QED) is 0.736. The smallest absolute Gasteiger partial charge is 0.253 e. The summed E-state index contributed by atoms with van der Waals surface area (Å²) in [6, 6.07) is 6.63. The van der Waals surface area contributed by atoms with Crippen molar-refractivity contribution in [2.45, 2.75) is 31.6 Å². The van der Waals surface area contributed by atoms with Crippen LogP contribution >= 0.6 is 11.6 Å². The Morgan fingerprint density at radius 3 is 2.79 bits per heavy atom. The van der Waals surface area contributed by atoms with Gasteiger partial charge in [-0.3, -0.25) is 4.79 Å². The molecule has 0 spiro atoms. The van der Waals surface area contributed by atoms with E-state index in [-0.39, 0.29) is 16.6 Å². The molecule has 0 atom stereocenters. The van der Waals surface area contributed by atoms with E-state index in [4.69, 9.17) is 16.3 Å². The molecule has 2 aliphatic rings. The lowest BCUT2D eigenvalue weighted by atomic mass is 10.00. The number of pyridine rings is 1. The first kappa shape index (κ1) is 19.2. The number of nitrogens with one attached hydrogen (secondary N) is 2. The average Bonchev–Trinajstić information content (AvgIpc) is 3.56. The predicted octanol–water partition coefficient (Wildman–Crippen LogP) is 4.65. The first-order chi connectivity index (χ1) is 13.6. The molecule has 2 heterocycles. The van der Waals surface area contributed by atoms with Crippen molar-refractivity contribution in [1.82, 2.24) is 10.3 Å². The van der Waals surface area contributed by atoms with E-state index in [9.17, 15) is 9.18 Å². The number of aromatic nitrogens is 1. The molecule has 2 fully saturated rings.